The number of aliphatic hydroxyl groups is 3. The minimum Gasteiger partial charge on any atom is -0.479 e. The number of hydrogen-bond acceptors (Lipinski definition) is 4. The summed E-state index contributed by atoms with van der Waals surface area (Å²) in [7, 11) is 0. The molecule has 0 fully saturated rings. The van der Waals surface area contributed by atoms with Crippen LogP contribution >= 0.6 is 0 Å². The summed E-state index contributed by atoms with van der Waals surface area (Å²) >= 11 is 0. The fraction of sp³-hybridized carbons (Fsp3) is 0.800. The van der Waals surface area contributed by atoms with Crippen LogP contribution in [0.2, 0.25) is 0 Å². The number of carboxylic acids is 1. The third kappa shape index (κ3) is 2.77. The zero-order valence-electron chi connectivity index (χ0n) is 5.27. The molecule has 0 bridgehead atoms. The summed E-state index contributed by atoms with van der Waals surface area (Å²) < 4.78 is 0. The molecule has 0 aliphatic carbocycles. The fourth-order valence-corrected chi connectivity index (χ4v) is 0.455. The highest BCUT2D eigenvalue weighted by Gasteiger charge is 2.22. The first-order valence-electron chi connectivity index (χ1n) is 2.79. The van der Waals surface area contributed by atoms with E-state index >= 15 is 0 Å². The molecule has 2 unspecified atom stereocenters. The first-order valence-corrected chi connectivity index (χ1v) is 2.79. The van der Waals surface area contributed by atoms with Crippen LogP contribution in [0.15, 0.2) is 0 Å². The van der Waals surface area contributed by atoms with Crippen LogP contribution in [0.1, 0.15) is 6.42 Å². The molecule has 10 heavy (non-hydrogen) atoms. The maximum atomic E-state index is 9.92. The van der Waals surface area contributed by atoms with E-state index < -0.39 is 18.2 Å². The van der Waals surface area contributed by atoms with Gasteiger partial charge in [0.25, 0.3) is 0 Å². The molecule has 0 rings (SSSR count). The van der Waals surface area contributed by atoms with Crippen molar-refractivity contribution in [2.45, 2.75) is 18.6 Å². The predicted octanol–water partition coefficient (Wildman–Crippen LogP) is -1.82. The van der Waals surface area contributed by atoms with Crippen LogP contribution in [0, 0.1) is 0 Å². The second-order valence-corrected chi connectivity index (χ2v) is 1.86. The second kappa shape index (κ2) is 4.21. The van der Waals surface area contributed by atoms with Gasteiger partial charge in [-0.1, -0.05) is 0 Å². The Balaban J connectivity index is 3.69. The molecule has 0 saturated carbocycles. The van der Waals surface area contributed by atoms with Gasteiger partial charge in [0, 0.05) is 6.61 Å². The highest BCUT2D eigenvalue weighted by Crippen LogP contribution is 1.97. The molecule has 5 nitrogen and oxygen atoms in total. The van der Waals surface area contributed by atoms with Crippen molar-refractivity contribution in [1.82, 2.24) is 0 Å². The topological polar surface area (TPSA) is 98.0 Å². The van der Waals surface area contributed by atoms with Gasteiger partial charge in [0.2, 0.25) is 0 Å². The molecule has 0 radical (unpaired) electrons. The number of carbonyl (C=O) groups is 1. The van der Waals surface area contributed by atoms with Gasteiger partial charge < -0.3 is 20.4 Å². The van der Waals surface area contributed by atoms with Crippen molar-refractivity contribution < 1.29 is 25.2 Å². The molecule has 0 amide bonds. The fourth-order valence-electron chi connectivity index (χ4n) is 0.455. The Kier molecular flexibility index (Phi) is 3.94. The molecular weight excluding hydrogens is 140 g/mol. The van der Waals surface area contributed by atoms with Crippen molar-refractivity contribution in [3.05, 3.63) is 0 Å². The second-order valence-electron chi connectivity index (χ2n) is 1.86. The summed E-state index contributed by atoms with van der Waals surface area (Å²) in [4.78, 5) is 9.92. The lowest BCUT2D eigenvalue weighted by Gasteiger charge is -2.11. The van der Waals surface area contributed by atoms with Crippen LogP contribution in [0.25, 0.3) is 0 Å². The number of carboxylic acid groups (broad SMARTS) is 1. The molecule has 0 heterocycles. The maximum absolute atomic E-state index is 9.92. The summed E-state index contributed by atoms with van der Waals surface area (Å²) in [6, 6.07) is 0. The lowest BCUT2D eigenvalue weighted by molar-refractivity contribution is -0.153. The molecule has 60 valence electrons. The third-order valence-electron chi connectivity index (χ3n) is 1.04. The van der Waals surface area contributed by atoms with Crippen molar-refractivity contribution >= 4 is 5.97 Å². The number of hydrogen-bond donors (Lipinski definition) is 4. The Morgan fingerprint density at radius 1 is 1.40 bits per heavy atom. The smallest absolute Gasteiger partial charge is 0.335 e. The van der Waals surface area contributed by atoms with E-state index in [9.17, 15) is 4.79 Å². The number of aliphatic hydroxyl groups excluding tert-OH is 3. The van der Waals surface area contributed by atoms with Gasteiger partial charge in [0.05, 0.1) is 6.10 Å². The normalized spacial score (nSPS) is 16.3. The molecule has 0 aromatic heterocycles. The zero-order valence-corrected chi connectivity index (χ0v) is 5.27. The summed E-state index contributed by atoms with van der Waals surface area (Å²) in [6.07, 6.45) is -3.32. The Morgan fingerprint density at radius 2 is 1.90 bits per heavy atom. The standard InChI is InChI=1S/C5H10O5/c6-2-1-3(7)4(8)5(9)10/h3-4,6-8H,1-2H2,(H,9,10). The van der Waals surface area contributed by atoms with Crippen LogP contribution in [-0.2, 0) is 4.79 Å². The van der Waals surface area contributed by atoms with E-state index in [4.69, 9.17) is 20.4 Å². The van der Waals surface area contributed by atoms with E-state index in [0.29, 0.717) is 0 Å². The molecule has 0 aliphatic heterocycles. The van der Waals surface area contributed by atoms with Crippen LogP contribution in [-0.4, -0.2) is 45.2 Å². The molecule has 5 heteroatoms. The Hall–Kier alpha value is -0.650. The van der Waals surface area contributed by atoms with E-state index in [1.807, 2.05) is 0 Å². The summed E-state index contributed by atoms with van der Waals surface area (Å²) in [5.41, 5.74) is 0. The average molecular weight is 150 g/mol. The van der Waals surface area contributed by atoms with Gasteiger partial charge in [0.15, 0.2) is 6.10 Å². The Bertz CT molecular complexity index is 113. The van der Waals surface area contributed by atoms with E-state index in [2.05, 4.69) is 0 Å². The quantitative estimate of drug-likeness (QED) is 0.378. The van der Waals surface area contributed by atoms with Gasteiger partial charge in [-0.2, -0.15) is 0 Å². The molecule has 0 aliphatic rings. The molecule has 0 saturated heterocycles. The highest BCUT2D eigenvalue weighted by atomic mass is 16.4. The van der Waals surface area contributed by atoms with Gasteiger partial charge >= 0.3 is 5.97 Å². The van der Waals surface area contributed by atoms with E-state index in [-0.39, 0.29) is 13.0 Å². The number of rotatable bonds is 4. The SMILES string of the molecule is O=C(O)C(O)C(O)CCO. The summed E-state index contributed by atoms with van der Waals surface area (Å²) in [6.45, 7) is -0.342. The highest BCUT2D eigenvalue weighted by molar-refractivity contribution is 5.72. The maximum Gasteiger partial charge on any atom is 0.335 e. The van der Waals surface area contributed by atoms with Gasteiger partial charge in [0.1, 0.15) is 0 Å². The van der Waals surface area contributed by atoms with E-state index in [1.54, 1.807) is 0 Å². The zero-order chi connectivity index (χ0) is 8.15. The van der Waals surface area contributed by atoms with E-state index in [1.165, 1.54) is 0 Å². The number of aliphatic carboxylic acids is 1. The average Bonchev–Trinajstić information content (AvgIpc) is 1.87. The monoisotopic (exact) mass is 150 g/mol. The van der Waals surface area contributed by atoms with Crippen LogP contribution in [0.5, 0.6) is 0 Å². The van der Waals surface area contributed by atoms with Crippen molar-refractivity contribution in [3.8, 4) is 0 Å². The molecule has 0 aromatic rings. The van der Waals surface area contributed by atoms with Crippen molar-refractivity contribution in [1.29, 1.82) is 0 Å². The van der Waals surface area contributed by atoms with Crippen molar-refractivity contribution in [3.63, 3.8) is 0 Å². The Morgan fingerprint density at radius 3 is 2.20 bits per heavy atom. The van der Waals surface area contributed by atoms with Gasteiger partial charge in [-0.3, -0.25) is 0 Å². The summed E-state index contributed by atoms with van der Waals surface area (Å²) in [5, 5.41) is 33.6. The lowest BCUT2D eigenvalue weighted by atomic mass is 10.1. The van der Waals surface area contributed by atoms with Gasteiger partial charge in [-0.15, -0.1) is 0 Å². The summed E-state index contributed by atoms with van der Waals surface area (Å²) in [5.74, 6) is -1.49. The van der Waals surface area contributed by atoms with Gasteiger partial charge in [-0.25, -0.2) is 4.79 Å². The van der Waals surface area contributed by atoms with Crippen molar-refractivity contribution in [2.75, 3.05) is 6.61 Å². The molecule has 0 spiro atoms. The minimum absolute atomic E-state index is 0.131. The molecular formula is C5H10O5. The van der Waals surface area contributed by atoms with E-state index in [0.717, 1.165) is 0 Å². The van der Waals surface area contributed by atoms with Crippen LogP contribution in [0.3, 0.4) is 0 Å². The predicted molar refractivity (Wildman–Crippen MR) is 31.4 cm³/mol. The molecule has 2 atom stereocenters. The lowest BCUT2D eigenvalue weighted by Crippen LogP contribution is -2.34. The van der Waals surface area contributed by atoms with Crippen molar-refractivity contribution in [2.24, 2.45) is 0 Å². The molecule has 0 aromatic carbocycles. The largest absolute Gasteiger partial charge is 0.479 e. The molecule has 4 N–H and O–H groups in total. The first kappa shape index (κ1) is 9.35. The van der Waals surface area contributed by atoms with Crippen LogP contribution in [0.4, 0.5) is 0 Å². The minimum atomic E-state index is -1.80. The third-order valence-corrected chi connectivity index (χ3v) is 1.04. The Labute approximate surface area is 57.5 Å². The van der Waals surface area contributed by atoms with Crippen LogP contribution < -0.4 is 0 Å². The first-order chi connectivity index (χ1) is 4.59. The van der Waals surface area contributed by atoms with Gasteiger partial charge in [-0.05, 0) is 6.42 Å².